The van der Waals surface area contributed by atoms with E-state index in [2.05, 4.69) is 0 Å². The molecule has 92 valence electrons. The second-order valence-electron chi connectivity index (χ2n) is 3.43. The first-order valence-electron chi connectivity index (χ1n) is 5.07. The van der Waals surface area contributed by atoms with Crippen molar-refractivity contribution < 1.29 is 18.8 Å². The van der Waals surface area contributed by atoms with Gasteiger partial charge in [0, 0.05) is 5.56 Å². The van der Waals surface area contributed by atoms with E-state index in [4.69, 9.17) is 4.74 Å². The molecule has 0 heterocycles. The number of ether oxygens (including phenoxy) is 1. The molecule has 0 aliphatic heterocycles. The topological polar surface area (TPSA) is 69.4 Å². The predicted molar refractivity (Wildman–Crippen MR) is 58.1 cm³/mol. The van der Waals surface area contributed by atoms with Crippen LogP contribution in [0.15, 0.2) is 18.2 Å². The van der Waals surface area contributed by atoms with Gasteiger partial charge < -0.3 is 4.74 Å². The van der Waals surface area contributed by atoms with Gasteiger partial charge in [-0.3, -0.25) is 14.9 Å². The predicted octanol–water partition coefficient (Wildman–Crippen LogP) is 2.40. The van der Waals surface area contributed by atoms with Crippen LogP contribution in [0.5, 0.6) is 0 Å². The van der Waals surface area contributed by atoms with Crippen molar-refractivity contribution in [1.29, 1.82) is 0 Å². The van der Waals surface area contributed by atoms with E-state index >= 15 is 0 Å². The molecule has 17 heavy (non-hydrogen) atoms. The molecule has 0 amide bonds. The van der Waals surface area contributed by atoms with E-state index in [-0.39, 0.29) is 12.2 Å². The molecule has 0 radical (unpaired) electrons. The van der Waals surface area contributed by atoms with Crippen LogP contribution in [0.25, 0.3) is 0 Å². The molecule has 1 aromatic carbocycles. The highest BCUT2D eigenvalue weighted by molar-refractivity contribution is 5.79. The number of carbonyl (C=O) groups excluding carboxylic acids is 1. The molecule has 0 saturated carbocycles. The van der Waals surface area contributed by atoms with E-state index < -0.39 is 28.3 Å². The largest absolute Gasteiger partial charge is 0.466 e. The summed E-state index contributed by atoms with van der Waals surface area (Å²) in [6, 6.07) is 3.11. The fraction of sp³-hybridized carbons (Fsp3) is 0.364. The van der Waals surface area contributed by atoms with Gasteiger partial charge in [-0.2, -0.15) is 0 Å². The highest BCUT2D eigenvalue weighted by Gasteiger charge is 2.25. The van der Waals surface area contributed by atoms with Crippen molar-refractivity contribution >= 4 is 11.7 Å². The molecular weight excluding hydrogens is 229 g/mol. The Labute approximate surface area is 97.3 Å². The highest BCUT2D eigenvalue weighted by atomic mass is 19.1. The molecule has 0 bridgehead atoms. The number of carbonyl (C=O) groups is 1. The Kier molecular flexibility index (Phi) is 4.14. The first-order chi connectivity index (χ1) is 7.97. The number of nitro groups is 1. The zero-order valence-corrected chi connectivity index (χ0v) is 9.47. The van der Waals surface area contributed by atoms with Crippen LogP contribution >= 0.6 is 0 Å². The highest BCUT2D eigenvalue weighted by Crippen LogP contribution is 2.28. The lowest BCUT2D eigenvalue weighted by molar-refractivity contribution is -0.385. The van der Waals surface area contributed by atoms with Gasteiger partial charge in [0.25, 0.3) is 5.69 Å². The van der Waals surface area contributed by atoms with Crippen LogP contribution in [-0.4, -0.2) is 17.5 Å². The summed E-state index contributed by atoms with van der Waals surface area (Å²) in [5, 5.41) is 10.7. The zero-order chi connectivity index (χ0) is 13.0. The average Bonchev–Trinajstić information content (AvgIpc) is 2.28. The van der Waals surface area contributed by atoms with Crippen LogP contribution in [0.1, 0.15) is 25.3 Å². The first-order valence-corrected chi connectivity index (χ1v) is 5.07. The number of rotatable bonds is 4. The van der Waals surface area contributed by atoms with Gasteiger partial charge in [-0.1, -0.05) is 0 Å². The molecule has 0 spiro atoms. The normalized spacial score (nSPS) is 11.9. The van der Waals surface area contributed by atoms with Gasteiger partial charge in [0.1, 0.15) is 5.82 Å². The third-order valence-corrected chi connectivity index (χ3v) is 2.30. The van der Waals surface area contributed by atoms with E-state index in [0.29, 0.717) is 0 Å². The Bertz CT molecular complexity index is 447. The molecule has 0 aliphatic rings. The molecule has 0 fully saturated rings. The molecule has 1 unspecified atom stereocenters. The Morgan fingerprint density at radius 1 is 1.59 bits per heavy atom. The van der Waals surface area contributed by atoms with Crippen molar-refractivity contribution in [3.63, 3.8) is 0 Å². The van der Waals surface area contributed by atoms with Crippen molar-refractivity contribution in [2.45, 2.75) is 19.8 Å². The van der Waals surface area contributed by atoms with Crippen LogP contribution in [0.4, 0.5) is 10.1 Å². The second kappa shape index (κ2) is 5.38. The minimum absolute atomic E-state index is 0.148. The van der Waals surface area contributed by atoms with Gasteiger partial charge in [-0.15, -0.1) is 0 Å². The van der Waals surface area contributed by atoms with Crippen molar-refractivity contribution in [1.82, 2.24) is 0 Å². The van der Waals surface area contributed by atoms with E-state index in [1.54, 1.807) is 6.92 Å². The Balaban J connectivity index is 3.12. The SMILES string of the molecule is CCOC(=O)C(C)c1ccc(F)cc1[N+](=O)[O-]. The second-order valence-corrected chi connectivity index (χ2v) is 3.43. The summed E-state index contributed by atoms with van der Waals surface area (Å²) in [5.74, 6) is -2.07. The Morgan fingerprint density at radius 3 is 2.76 bits per heavy atom. The van der Waals surface area contributed by atoms with Crippen molar-refractivity contribution in [2.24, 2.45) is 0 Å². The lowest BCUT2D eigenvalue weighted by Crippen LogP contribution is -2.14. The van der Waals surface area contributed by atoms with Crippen LogP contribution in [0, 0.1) is 15.9 Å². The molecule has 1 aromatic rings. The molecule has 5 nitrogen and oxygen atoms in total. The summed E-state index contributed by atoms with van der Waals surface area (Å²) in [6.45, 7) is 3.32. The molecular formula is C11H12FNO4. The van der Waals surface area contributed by atoms with Gasteiger partial charge in [0.15, 0.2) is 0 Å². The summed E-state index contributed by atoms with van der Waals surface area (Å²) in [4.78, 5) is 21.5. The molecule has 0 aliphatic carbocycles. The monoisotopic (exact) mass is 241 g/mol. The van der Waals surface area contributed by atoms with Crippen LogP contribution in [0.2, 0.25) is 0 Å². The molecule has 0 N–H and O–H groups in total. The molecule has 1 rings (SSSR count). The maximum atomic E-state index is 12.9. The Morgan fingerprint density at radius 2 is 2.24 bits per heavy atom. The van der Waals surface area contributed by atoms with E-state index in [0.717, 1.165) is 12.1 Å². The average molecular weight is 241 g/mol. The van der Waals surface area contributed by atoms with E-state index in [1.807, 2.05) is 0 Å². The van der Waals surface area contributed by atoms with Gasteiger partial charge in [-0.25, -0.2) is 4.39 Å². The third-order valence-electron chi connectivity index (χ3n) is 2.30. The van der Waals surface area contributed by atoms with Crippen LogP contribution in [0.3, 0.4) is 0 Å². The Hall–Kier alpha value is -1.98. The number of hydrogen-bond acceptors (Lipinski definition) is 4. The molecule has 0 saturated heterocycles. The standard InChI is InChI=1S/C11H12FNO4/c1-3-17-11(14)7(2)9-5-4-8(12)6-10(9)13(15)16/h4-7H,3H2,1-2H3. The summed E-state index contributed by atoms with van der Waals surface area (Å²) in [5.41, 5.74) is -0.264. The zero-order valence-electron chi connectivity index (χ0n) is 9.47. The smallest absolute Gasteiger partial charge is 0.313 e. The quantitative estimate of drug-likeness (QED) is 0.461. The molecule has 6 heteroatoms. The fourth-order valence-corrected chi connectivity index (χ4v) is 1.44. The van der Waals surface area contributed by atoms with Gasteiger partial charge in [0.05, 0.1) is 23.5 Å². The maximum Gasteiger partial charge on any atom is 0.313 e. The van der Waals surface area contributed by atoms with Crippen molar-refractivity contribution in [2.75, 3.05) is 6.61 Å². The van der Waals surface area contributed by atoms with E-state index in [1.165, 1.54) is 13.0 Å². The van der Waals surface area contributed by atoms with Crippen molar-refractivity contribution in [3.8, 4) is 0 Å². The lowest BCUT2D eigenvalue weighted by atomic mass is 9.99. The maximum absolute atomic E-state index is 12.9. The van der Waals surface area contributed by atoms with Gasteiger partial charge in [-0.05, 0) is 26.0 Å². The van der Waals surface area contributed by atoms with Crippen molar-refractivity contribution in [3.05, 3.63) is 39.7 Å². The lowest BCUT2D eigenvalue weighted by Gasteiger charge is -2.10. The number of benzene rings is 1. The number of nitro benzene ring substituents is 1. The van der Waals surface area contributed by atoms with Crippen LogP contribution in [-0.2, 0) is 9.53 Å². The summed E-state index contributed by atoms with van der Waals surface area (Å²) < 4.78 is 17.7. The third kappa shape index (κ3) is 2.99. The number of nitrogens with zero attached hydrogens (tertiary/aromatic N) is 1. The first kappa shape index (κ1) is 13.1. The number of esters is 1. The minimum atomic E-state index is -0.795. The summed E-state index contributed by atoms with van der Waals surface area (Å²) >= 11 is 0. The van der Waals surface area contributed by atoms with Gasteiger partial charge in [0.2, 0.25) is 0 Å². The number of halogens is 1. The summed E-state index contributed by atoms with van der Waals surface area (Å²) in [6.07, 6.45) is 0. The van der Waals surface area contributed by atoms with E-state index in [9.17, 15) is 19.3 Å². The van der Waals surface area contributed by atoms with Crippen LogP contribution < -0.4 is 0 Å². The van der Waals surface area contributed by atoms with Gasteiger partial charge >= 0.3 is 5.97 Å². The minimum Gasteiger partial charge on any atom is -0.466 e. The molecule has 0 aromatic heterocycles. The fourth-order valence-electron chi connectivity index (χ4n) is 1.44. The summed E-state index contributed by atoms with van der Waals surface area (Å²) in [7, 11) is 0. The number of hydrogen-bond donors (Lipinski definition) is 0. The molecule has 1 atom stereocenters.